The van der Waals surface area contributed by atoms with Crippen molar-refractivity contribution in [3.8, 4) is 0 Å². The molecular weight excluding hydrogens is 228 g/mol. The minimum atomic E-state index is -0.379. The van der Waals surface area contributed by atoms with E-state index in [9.17, 15) is 5.11 Å². The van der Waals surface area contributed by atoms with Crippen molar-refractivity contribution < 1.29 is 5.11 Å². The molecule has 1 aliphatic heterocycles. The molecule has 1 aromatic rings. The molecule has 2 rings (SSSR count). The number of likely N-dealkylation sites (tertiary alicyclic amines) is 1. The summed E-state index contributed by atoms with van der Waals surface area (Å²) in [6, 6.07) is 0. The summed E-state index contributed by atoms with van der Waals surface area (Å²) in [5, 5.41) is 14.1. The van der Waals surface area contributed by atoms with Gasteiger partial charge in [0.1, 0.15) is 0 Å². The van der Waals surface area contributed by atoms with E-state index in [1.54, 1.807) is 17.1 Å². The Labute approximate surface area is 109 Å². The fourth-order valence-electron chi connectivity index (χ4n) is 2.62. The van der Waals surface area contributed by atoms with Crippen molar-refractivity contribution >= 4 is 5.69 Å². The Morgan fingerprint density at radius 1 is 1.50 bits per heavy atom. The maximum Gasteiger partial charge on any atom is 0.0862 e. The van der Waals surface area contributed by atoms with Gasteiger partial charge in [0.15, 0.2) is 0 Å². The zero-order valence-corrected chi connectivity index (χ0v) is 11.3. The van der Waals surface area contributed by atoms with Crippen LogP contribution in [0.3, 0.4) is 0 Å². The van der Waals surface area contributed by atoms with Crippen LogP contribution >= 0.6 is 0 Å². The van der Waals surface area contributed by atoms with Crippen molar-refractivity contribution in [3.05, 3.63) is 12.4 Å². The van der Waals surface area contributed by atoms with Gasteiger partial charge in [0.2, 0.25) is 0 Å². The Hall–Kier alpha value is -1.07. The molecule has 0 spiro atoms. The zero-order chi connectivity index (χ0) is 13.1. The Morgan fingerprint density at radius 2 is 2.28 bits per heavy atom. The smallest absolute Gasteiger partial charge is 0.0862 e. The number of nitrogens with two attached hydrogens (primary N) is 1. The van der Waals surface area contributed by atoms with E-state index in [2.05, 4.69) is 23.8 Å². The molecule has 0 saturated carbocycles. The first-order valence-corrected chi connectivity index (χ1v) is 6.73. The van der Waals surface area contributed by atoms with Crippen LogP contribution in [-0.2, 0) is 6.54 Å². The third-order valence-corrected chi connectivity index (χ3v) is 3.77. The highest BCUT2D eigenvalue weighted by atomic mass is 16.3. The molecular formula is C13H24N4O. The van der Waals surface area contributed by atoms with Gasteiger partial charge in [-0.25, -0.2) is 0 Å². The molecule has 0 aliphatic carbocycles. The summed E-state index contributed by atoms with van der Waals surface area (Å²) in [5.74, 6) is 1.51. The average molecular weight is 252 g/mol. The summed E-state index contributed by atoms with van der Waals surface area (Å²) in [6.07, 6.45) is 4.23. The summed E-state index contributed by atoms with van der Waals surface area (Å²) in [6.45, 7) is 7.99. The second-order valence-corrected chi connectivity index (χ2v) is 5.70. The normalized spacial score (nSPS) is 22.8. The summed E-state index contributed by atoms with van der Waals surface area (Å²) in [4.78, 5) is 2.35. The second kappa shape index (κ2) is 5.71. The van der Waals surface area contributed by atoms with Gasteiger partial charge in [0.25, 0.3) is 0 Å². The fourth-order valence-corrected chi connectivity index (χ4v) is 2.62. The molecule has 0 radical (unpaired) electrons. The topological polar surface area (TPSA) is 67.3 Å². The molecule has 0 amide bonds. The molecule has 18 heavy (non-hydrogen) atoms. The standard InChI is InChI=1S/C13H24N4O/c1-10(2)11-3-4-16(6-11)8-13(18)9-17-7-12(14)5-15-17/h5,7,10-11,13,18H,3-4,6,8-9,14H2,1-2H3. The third-order valence-electron chi connectivity index (χ3n) is 3.77. The predicted molar refractivity (Wildman–Crippen MR) is 72.0 cm³/mol. The molecule has 2 atom stereocenters. The number of β-amino-alcohol motifs (C(OH)–C–C–N with tert-alkyl or cyclic N) is 1. The lowest BCUT2D eigenvalue weighted by Crippen LogP contribution is -2.33. The van der Waals surface area contributed by atoms with Crippen LogP contribution in [0.1, 0.15) is 20.3 Å². The zero-order valence-electron chi connectivity index (χ0n) is 11.3. The largest absolute Gasteiger partial charge is 0.396 e. The minimum absolute atomic E-state index is 0.379. The van der Waals surface area contributed by atoms with Gasteiger partial charge in [-0.1, -0.05) is 13.8 Å². The molecule has 0 aromatic carbocycles. The van der Waals surface area contributed by atoms with Gasteiger partial charge in [0.05, 0.1) is 24.5 Å². The van der Waals surface area contributed by atoms with Crippen LogP contribution in [0, 0.1) is 11.8 Å². The monoisotopic (exact) mass is 252 g/mol. The van der Waals surface area contributed by atoms with Crippen LogP contribution in [0.2, 0.25) is 0 Å². The number of hydrogen-bond donors (Lipinski definition) is 2. The quantitative estimate of drug-likeness (QED) is 0.813. The average Bonchev–Trinajstić information content (AvgIpc) is 2.88. The van der Waals surface area contributed by atoms with E-state index in [0.29, 0.717) is 12.2 Å². The number of nitrogen functional groups attached to an aromatic ring is 1. The molecule has 0 bridgehead atoms. The fraction of sp³-hybridized carbons (Fsp3) is 0.769. The van der Waals surface area contributed by atoms with Crippen molar-refractivity contribution in [2.75, 3.05) is 25.4 Å². The Balaban J connectivity index is 1.76. The molecule has 102 valence electrons. The van der Waals surface area contributed by atoms with E-state index in [0.717, 1.165) is 31.5 Å². The van der Waals surface area contributed by atoms with E-state index in [1.165, 1.54) is 6.42 Å². The first-order valence-electron chi connectivity index (χ1n) is 6.73. The SMILES string of the molecule is CC(C)C1CCN(CC(O)Cn2cc(N)cn2)C1. The lowest BCUT2D eigenvalue weighted by molar-refractivity contribution is 0.103. The summed E-state index contributed by atoms with van der Waals surface area (Å²) in [5.41, 5.74) is 6.24. The lowest BCUT2D eigenvalue weighted by Gasteiger charge is -2.21. The summed E-state index contributed by atoms with van der Waals surface area (Å²) >= 11 is 0. The molecule has 1 aromatic heterocycles. The first-order chi connectivity index (χ1) is 8.54. The Morgan fingerprint density at radius 3 is 2.83 bits per heavy atom. The molecule has 3 N–H and O–H groups in total. The first kappa shape index (κ1) is 13.4. The highest BCUT2D eigenvalue weighted by Gasteiger charge is 2.26. The molecule has 2 heterocycles. The van der Waals surface area contributed by atoms with Gasteiger partial charge >= 0.3 is 0 Å². The van der Waals surface area contributed by atoms with Crippen molar-refractivity contribution in [2.45, 2.75) is 32.9 Å². The van der Waals surface area contributed by atoms with Crippen LogP contribution in [0.15, 0.2) is 12.4 Å². The van der Waals surface area contributed by atoms with E-state index >= 15 is 0 Å². The minimum Gasteiger partial charge on any atom is -0.396 e. The number of hydrogen-bond acceptors (Lipinski definition) is 4. The lowest BCUT2D eigenvalue weighted by atomic mass is 9.95. The molecule has 5 heteroatoms. The Bertz CT molecular complexity index is 377. The number of aromatic nitrogens is 2. The van der Waals surface area contributed by atoms with Crippen LogP contribution < -0.4 is 5.73 Å². The number of anilines is 1. The van der Waals surface area contributed by atoms with E-state index < -0.39 is 0 Å². The van der Waals surface area contributed by atoms with Crippen LogP contribution in [-0.4, -0.2) is 45.5 Å². The van der Waals surface area contributed by atoms with Crippen LogP contribution in [0.25, 0.3) is 0 Å². The highest BCUT2D eigenvalue weighted by Crippen LogP contribution is 2.23. The van der Waals surface area contributed by atoms with Crippen molar-refractivity contribution in [1.82, 2.24) is 14.7 Å². The van der Waals surface area contributed by atoms with Crippen molar-refractivity contribution in [1.29, 1.82) is 0 Å². The van der Waals surface area contributed by atoms with E-state index in [4.69, 9.17) is 5.73 Å². The van der Waals surface area contributed by atoms with Crippen molar-refractivity contribution in [3.63, 3.8) is 0 Å². The van der Waals surface area contributed by atoms with Gasteiger partial charge in [-0.2, -0.15) is 5.10 Å². The van der Waals surface area contributed by atoms with Gasteiger partial charge in [-0.15, -0.1) is 0 Å². The maximum absolute atomic E-state index is 10.1. The molecule has 1 aliphatic rings. The molecule has 2 unspecified atom stereocenters. The summed E-state index contributed by atoms with van der Waals surface area (Å²) < 4.78 is 1.70. The molecule has 1 saturated heterocycles. The van der Waals surface area contributed by atoms with Gasteiger partial charge in [0, 0.05) is 19.3 Å². The number of nitrogens with zero attached hydrogens (tertiary/aromatic N) is 3. The maximum atomic E-state index is 10.1. The third kappa shape index (κ3) is 3.46. The highest BCUT2D eigenvalue weighted by molar-refractivity contribution is 5.30. The molecule has 1 fully saturated rings. The molecule has 5 nitrogen and oxygen atoms in total. The van der Waals surface area contributed by atoms with Gasteiger partial charge in [-0.3, -0.25) is 4.68 Å². The number of rotatable bonds is 5. The Kier molecular flexibility index (Phi) is 4.24. The van der Waals surface area contributed by atoms with Crippen molar-refractivity contribution in [2.24, 2.45) is 11.8 Å². The van der Waals surface area contributed by atoms with Crippen LogP contribution in [0.4, 0.5) is 5.69 Å². The van der Waals surface area contributed by atoms with Crippen LogP contribution in [0.5, 0.6) is 0 Å². The number of aliphatic hydroxyl groups excluding tert-OH is 1. The predicted octanol–water partition coefficient (Wildman–Crippen LogP) is 0.804. The second-order valence-electron chi connectivity index (χ2n) is 5.70. The van der Waals surface area contributed by atoms with Gasteiger partial charge < -0.3 is 15.7 Å². The summed E-state index contributed by atoms with van der Waals surface area (Å²) in [7, 11) is 0. The number of aliphatic hydroxyl groups is 1. The van der Waals surface area contributed by atoms with Gasteiger partial charge in [-0.05, 0) is 24.8 Å². The van der Waals surface area contributed by atoms with E-state index in [-0.39, 0.29) is 6.10 Å². The van der Waals surface area contributed by atoms with E-state index in [1.807, 2.05) is 0 Å².